The van der Waals surface area contributed by atoms with Gasteiger partial charge in [0.05, 0.1) is 38.3 Å². The summed E-state index contributed by atoms with van der Waals surface area (Å²) in [5, 5.41) is 32.0. The van der Waals surface area contributed by atoms with Gasteiger partial charge in [-0.2, -0.15) is 0 Å². The molecule has 16 nitrogen and oxygen atoms in total. The Labute approximate surface area is 247 Å². The number of nitrogens with one attached hydrogen (secondary N) is 4. The molecule has 234 valence electrons. The number of hydrogen-bond donors (Lipinski definition) is 6. The Morgan fingerprint density at radius 2 is 1.76 bits per heavy atom. The smallest absolute Gasteiger partial charge is 0.667 e. The molecule has 0 radical (unpaired) electrons. The van der Waals surface area contributed by atoms with Crippen molar-refractivity contribution in [2.75, 3.05) is 33.4 Å². The zero-order valence-corrected chi connectivity index (χ0v) is 24.1. The average Bonchev–Trinajstić information content (AvgIpc) is 3.36. The van der Waals surface area contributed by atoms with Crippen LogP contribution in [0.1, 0.15) is 38.8 Å². The summed E-state index contributed by atoms with van der Waals surface area (Å²) in [5.41, 5.74) is 8.75. The van der Waals surface area contributed by atoms with Crippen LogP contribution in [0.4, 0.5) is 0 Å². The largest absolute Gasteiger partial charge is 2.00 e. The van der Waals surface area contributed by atoms with Crippen molar-refractivity contribution < 1.29 is 65.6 Å². The molecular formula is C24H39N6NiO10+. The minimum absolute atomic E-state index is 0. The monoisotopic (exact) mass is 629 g/mol. The number of imidazole rings is 1. The van der Waals surface area contributed by atoms with Crippen LogP contribution < -0.4 is 10.6 Å². The summed E-state index contributed by atoms with van der Waals surface area (Å²) in [6, 6.07) is -2.28. The van der Waals surface area contributed by atoms with Gasteiger partial charge < -0.3 is 36.7 Å². The van der Waals surface area contributed by atoms with E-state index < -0.39 is 43.1 Å². The van der Waals surface area contributed by atoms with E-state index in [1.54, 1.807) is 20.0 Å². The van der Waals surface area contributed by atoms with Crippen LogP contribution in [0.15, 0.2) is 24.7 Å². The van der Waals surface area contributed by atoms with Crippen molar-refractivity contribution in [3.8, 4) is 0 Å². The molecule has 41 heavy (non-hydrogen) atoms. The number of carboxylic acids is 3. The first-order valence-corrected chi connectivity index (χ1v) is 12.3. The summed E-state index contributed by atoms with van der Waals surface area (Å²) in [4.78, 5) is 72.4. The van der Waals surface area contributed by atoms with Crippen molar-refractivity contribution in [3.05, 3.63) is 36.1 Å². The van der Waals surface area contributed by atoms with Crippen molar-refractivity contribution in [3.63, 3.8) is 0 Å². The maximum Gasteiger partial charge on any atom is 2.00 e. The second-order valence-corrected chi connectivity index (χ2v) is 8.76. The molecule has 0 aromatic carbocycles. The third-order valence-corrected chi connectivity index (χ3v) is 5.09. The Morgan fingerprint density at radius 1 is 1.15 bits per heavy atom. The zero-order chi connectivity index (χ0) is 30.7. The molecule has 1 aromatic heterocycles. The summed E-state index contributed by atoms with van der Waals surface area (Å²) in [6.45, 7) is 6.05. The fourth-order valence-corrected chi connectivity index (χ4v) is 3.16. The normalized spacial score (nSPS) is 12.5. The number of hydrogen-bond acceptors (Lipinski definition) is 9. The van der Waals surface area contributed by atoms with Gasteiger partial charge in [-0.1, -0.05) is 12.6 Å². The van der Waals surface area contributed by atoms with Gasteiger partial charge in [0.25, 0.3) is 0 Å². The van der Waals surface area contributed by atoms with Crippen molar-refractivity contribution in [1.29, 1.82) is 0 Å². The van der Waals surface area contributed by atoms with Gasteiger partial charge in [-0.25, -0.2) is 14.8 Å². The number of carbonyl (C=O) groups is 5. The fraction of sp³-hybridized carbons (Fsp3) is 0.583. The Morgan fingerprint density at radius 3 is 2.22 bits per heavy atom. The Hall–Kier alpha value is -3.37. The number of nitrogens with zero attached hydrogens (tertiary/aromatic N) is 2. The molecule has 0 saturated carbocycles. The molecular weight excluding hydrogens is 591 g/mol. The van der Waals surface area contributed by atoms with Gasteiger partial charge in [0.1, 0.15) is 12.6 Å². The summed E-state index contributed by atoms with van der Waals surface area (Å²) < 4.78 is 0. The van der Waals surface area contributed by atoms with Gasteiger partial charge in [0, 0.05) is 18.3 Å². The van der Waals surface area contributed by atoms with Gasteiger partial charge in [-0.15, -0.1) is 0 Å². The van der Waals surface area contributed by atoms with E-state index in [1.807, 2.05) is 0 Å². The predicted molar refractivity (Wildman–Crippen MR) is 141 cm³/mol. The number of carbonyl (C=O) groups excluding carboxylic acids is 2. The number of carboxylic acid groups (broad SMARTS) is 3. The molecule has 0 aliphatic heterocycles. The van der Waals surface area contributed by atoms with E-state index in [-0.39, 0.29) is 53.8 Å². The van der Waals surface area contributed by atoms with Crippen LogP contribution in [0.2, 0.25) is 0 Å². The number of aliphatic carboxylic acids is 3. The fourth-order valence-electron chi connectivity index (χ4n) is 3.16. The number of unbranched alkanes of at least 4 members (excludes halogenated alkanes) is 1. The summed E-state index contributed by atoms with van der Waals surface area (Å²) in [6.07, 6.45) is 4.44. The summed E-state index contributed by atoms with van der Waals surface area (Å²) >= 11 is 0. The standard InChI is InChI=1S/C14H22N2O7.C10H17N4O3.Ni/c1-9(2)13(21)15-6-4-3-5-10(14(22)23)16(7-11(17)18)8-12(19)20;1-7(5-17-16-2)14-10(15)9(11)3-8-4-12-6-13-8;/h10H,1,3-8H2,2H3,(H,15,21)(H,17,18)(H,19,20)(H,22,23);4,6-7,9,11H,3,5H2,1-2H3,(H,12,13)(H,14,15);/q;-1;+2/t10-;7-,9?;/m00./s1. The molecule has 1 rings (SSSR count). The zero-order valence-electron chi connectivity index (χ0n) is 23.2. The van der Waals surface area contributed by atoms with E-state index >= 15 is 0 Å². The van der Waals surface area contributed by atoms with Crippen molar-refractivity contribution in [2.45, 2.75) is 57.7 Å². The Balaban J connectivity index is 0. The van der Waals surface area contributed by atoms with Gasteiger partial charge >= 0.3 is 34.4 Å². The molecule has 1 unspecified atom stereocenters. The van der Waals surface area contributed by atoms with Gasteiger partial charge in [-0.3, -0.25) is 28.9 Å². The van der Waals surface area contributed by atoms with Crippen molar-refractivity contribution in [1.82, 2.24) is 25.5 Å². The second kappa shape index (κ2) is 22.3. The van der Waals surface area contributed by atoms with E-state index in [1.165, 1.54) is 13.4 Å². The summed E-state index contributed by atoms with van der Waals surface area (Å²) in [7, 11) is 1.40. The quantitative estimate of drug-likeness (QED) is 0.0396. The van der Waals surface area contributed by atoms with E-state index in [0.29, 0.717) is 30.7 Å². The van der Waals surface area contributed by atoms with Crippen LogP contribution in [0.3, 0.4) is 0 Å². The molecule has 0 saturated heterocycles. The van der Waals surface area contributed by atoms with Crippen LogP contribution in [0.5, 0.6) is 0 Å². The minimum Gasteiger partial charge on any atom is -0.667 e. The maximum atomic E-state index is 11.6. The van der Waals surface area contributed by atoms with Crippen molar-refractivity contribution >= 4 is 29.7 Å². The number of amides is 2. The van der Waals surface area contributed by atoms with Gasteiger partial charge in [0.15, 0.2) is 0 Å². The van der Waals surface area contributed by atoms with Crippen molar-refractivity contribution in [2.24, 2.45) is 0 Å². The van der Waals surface area contributed by atoms with Crippen LogP contribution in [0, 0.1) is 0 Å². The summed E-state index contributed by atoms with van der Waals surface area (Å²) in [5.74, 6) is -4.52. The maximum absolute atomic E-state index is 11.6. The topological polar surface area (TPSA) is 244 Å². The van der Waals surface area contributed by atoms with Crippen LogP contribution >= 0.6 is 0 Å². The third kappa shape index (κ3) is 19.4. The average molecular weight is 630 g/mol. The first-order valence-electron chi connectivity index (χ1n) is 12.3. The molecule has 0 aliphatic rings. The minimum atomic E-state index is -1.30. The first kappa shape index (κ1) is 39.8. The molecule has 0 aliphatic carbocycles. The second-order valence-electron chi connectivity index (χ2n) is 8.76. The third-order valence-electron chi connectivity index (χ3n) is 5.09. The first-order chi connectivity index (χ1) is 18.8. The SMILES string of the molecule is C=C(C)C(=O)NCCCC[C@@H](C(=O)O)N(CC(=O)O)CC(=O)O.COOC[C@H](C)NC(=O)C([NH-])Cc1c[nH]cn1.[Ni+2]. The van der Waals surface area contributed by atoms with Crippen LogP contribution in [-0.2, 0) is 56.7 Å². The molecule has 0 fully saturated rings. The van der Waals surface area contributed by atoms with Crippen LogP contribution in [0.25, 0.3) is 5.73 Å². The molecule has 1 aromatic rings. The molecule has 2 amide bonds. The van der Waals surface area contributed by atoms with Gasteiger partial charge in [0.2, 0.25) is 11.8 Å². The molecule has 0 spiro atoms. The Bertz CT molecular complexity index is 947. The number of H-pyrrole nitrogens is 1. The number of rotatable bonds is 19. The number of aromatic amines is 1. The Kier molecular flexibility index (Phi) is 21.7. The molecule has 17 heteroatoms. The molecule has 7 N–H and O–H groups in total. The van der Waals surface area contributed by atoms with E-state index in [0.717, 1.165) is 4.90 Å². The molecule has 0 bridgehead atoms. The van der Waals surface area contributed by atoms with Gasteiger partial charge in [-0.05, 0) is 39.5 Å². The van der Waals surface area contributed by atoms with E-state index in [9.17, 15) is 29.1 Å². The molecule has 1 heterocycles. The number of aromatic nitrogens is 2. The van der Waals surface area contributed by atoms with Crippen LogP contribution in [-0.4, -0.2) is 111 Å². The predicted octanol–water partition coefficient (Wildman–Crippen LogP) is 0.227. The molecule has 3 atom stereocenters. The van der Waals surface area contributed by atoms with E-state index in [2.05, 4.69) is 37.0 Å². The van der Waals surface area contributed by atoms with E-state index in [4.69, 9.17) is 15.9 Å².